The van der Waals surface area contributed by atoms with Crippen molar-refractivity contribution in [3.63, 3.8) is 0 Å². The van der Waals surface area contributed by atoms with Crippen LogP contribution in [0.15, 0.2) is 0 Å². The molecule has 0 rings (SSSR count). The van der Waals surface area contributed by atoms with E-state index in [0.29, 0.717) is 6.04 Å². The largest absolute Gasteiger partial charge is 0.310 e. The Hall–Kier alpha value is 0.260. The van der Waals surface area contributed by atoms with Crippen molar-refractivity contribution >= 4 is 21.6 Å². The third kappa shape index (κ3) is 7.64. The number of nitrogens with one attached hydrogen (secondary N) is 1. The van der Waals surface area contributed by atoms with E-state index in [2.05, 4.69) is 18.5 Å². The molecule has 3 nitrogen and oxygen atoms in total. The molecular weight excluding hydrogens is 218 g/mol. The van der Waals surface area contributed by atoms with Crippen LogP contribution >= 0.6 is 11.8 Å². The highest BCUT2D eigenvalue weighted by Gasteiger charge is 2.13. The molecule has 5 heteroatoms. The highest BCUT2D eigenvalue weighted by molar-refractivity contribution is 7.98. The molecule has 1 N–H and O–H groups in total. The zero-order chi connectivity index (χ0) is 11.2. The second-order valence-corrected chi connectivity index (χ2v) is 6.82. The van der Waals surface area contributed by atoms with Gasteiger partial charge >= 0.3 is 0 Å². The van der Waals surface area contributed by atoms with Gasteiger partial charge in [-0.1, -0.05) is 6.92 Å². The number of hydrogen-bond acceptors (Lipinski definition) is 4. The van der Waals surface area contributed by atoms with E-state index in [1.807, 2.05) is 6.92 Å². The Kier molecular flexibility index (Phi) is 6.81. The van der Waals surface area contributed by atoms with Gasteiger partial charge in [0.1, 0.15) is 9.84 Å². The normalized spacial score (nSPS) is 16.6. The molecule has 0 aromatic heterocycles. The fourth-order valence-electron chi connectivity index (χ4n) is 1.39. The van der Waals surface area contributed by atoms with Crippen LogP contribution in [0.3, 0.4) is 0 Å². The third-order valence-electron chi connectivity index (χ3n) is 1.93. The van der Waals surface area contributed by atoms with Crippen molar-refractivity contribution in [1.82, 2.24) is 5.32 Å². The minimum absolute atomic E-state index is 0.0436. The monoisotopic (exact) mass is 239 g/mol. The molecule has 0 fully saturated rings. The van der Waals surface area contributed by atoms with Crippen molar-refractivity contribution in [2.45, 2.75) is 32.4 Å². The smallest absolute Gasteiger partial charge is 0.148 e. The number of thioether (sulfide) groups is 1. The Morgan fingerprint density at radius 2 is 2.00 bits per heavy atom. The lowest BCUT2D eigenvalue weighted by atomic mass is 10.2. The van der Waals surface area contributed by atoms with Gasteiger partial charge in [-0.15, -0.1) is 0 Å². The van der Waals surface area contributed by atoms with Crippen LogP contribution in [0.4, 0.5) is 0 Å². The Bertz CT molecular complexity index is 239. The van der Waals surface area contributed by atoms with Crippen LogP contribution < -0.4 is 5.32 Å². The first-order chi connectivity index (χ1) is 6.39. The molecular formula is C9H21NO2S2. The van der Waals surface area contributed by atoms with Crippen LogP contribution in [-0.2, 0) is 9.84 Å². The van der Waals surface area contributed by atoms with E-state index in [4.69, 9.17) is 0 Å². The molecule has 0 heterocycles. The minimum atomic E-state index is -2.86. The van der Waals surface area contributed by atoms with Gasteiger partial charge in [0.25, 0.3) is 0 Å². The zero-order valence-corrected chi connectivity index (χ0v) is 11.0. The lowest BCUT2D eigenvalue weighted by molar-refractivity contribution is 0.482. The van der Waals surface area contributed by atoms with E-state index in [9.17, 15) is 8.42 Å². The molecule has 2 unspecified atom stereocenters. The molecule has 0 bridgehead atoms. The summed E-state index contributed by atoms with van der Waals surface area (Å²) >= 11 is 1.78. The Labute approximate surface area is 92.0 Å². The molecule has 0 aliphatic carbocycles. The second-order valence-electron chi connectivity index (χ2n) is 3.72. The highest BCUT2D eigenvalue weighted by atomic mass is 32.2. The van der Waals surface area contributed by atoms with Crippen LogP contribution in [0.5, 0.6) is 0 Å². The summed E-state index contributed by atoms with van der Waals surface area (Å²) < 4.78 is 22.0. The number of sulfone groups is 1. The van der Waals surface area contributed by atoms with Gasteiger partial charge in [0.15, 0.2) is 0 Å². The topological polar surface area (TPSA) is 46.2 Å². The highest BCUT2D eigenvalue weighted by Crippen LogP contribution is 2.03. The first-order valence-electron chi connectivity index (χ1n) is 4.81. The van der Waals surface area contributed by atoms with Gasteiger partial charge in [-0.2, -0.15) is 11.8 Å². The Morgan fingerprint density at radius 1 is 1.43 bits per heavy atom. The summed E-state index contributed by atoms with van der Waals surface area (Å²) in [5.41, 5.74) is 0. The van der Waals surface area contributed by atoms with Crippen molar-refractivity contribution in [1.29, 1.82) is 0 Å². The maximum absolute atomic E-state index is 11.0. The summed E-state index contributed by atoms with van der Waals surface area (Å²) in [4.78, 5) is 0. The molecule has 0 aromatic carbocycles. The second kappa shape index (κ2) is 6.69. The van der Waals surface area contributed by atoms with Crippen molar-refractivity contribution in [2.75, 3.05) is 24.0 Å². The number of rotatable bonds is 7. The fraction of sp³-hybridized carbons (Fsp3) is 1.00. The lowest BCUT2D eigenvalue weighted by Gasteiger charge is -2.20. The van der Waals surface area contributed by atoms with Crippen molar-refractivity contribution in [3.8, 4) is 0 Å². The van der Waals surface area contributed by atoms with Crippen molar-refractivity contribution in [2.24, 2.45) is 0 Å². The molecule has 0 saturated carbocycles. The van der Waals surface area contributed by atoms with E-state index in [1.165, 1.54) is 6.26 Å². The van der Waals surface area contributed by atoms with Crippen LogP contribution in [-0.4, -0.2) is 44.5 Å². The molecule has 86 valence electrons. The predicted octanol–water partition coefficient (Wildman–Crippen LogP) is 1.15. The van der Waals surface area contributed by atoms with Gasteiger partial charge in [-0.25, -0.2) is 8.42 Å². The van der Waals surface area contributed by atoms with Gasteiger partial charge in [-0.05, 0) is 19.6 Å². The van der Waals surface area contributed by atoms with Gasteiger partial charge in [0.05, 0.1) is 5.75 Å². The fourth-order valence-corrected chi connectivity index (χ4v) is 3.13. The average molecular weight is 239 g/mol. The maximum Gasteiger partial charge on any atom is 0.148 e. The van der Waals surface area contributed by atoms with Crippen molar-refractivity contribution in [3.05, 3.63) is 0 Å². The molecule has 2 atom stereocenters. The van der Waals surface area contributed by atoms with Crippen LogP contribution in [0.1, 0.15) is 20.3 Å². The van der Waals surface area contributed by atoms with Gasteiger partial charge in [0.2, 0.25) is 0 Å². The summed E-state index contributed by atoms with van der Waals surface area (Å²) in [5.74, 6) is 1.25. The predicted molar refractivity (Wildman–Crippen MR) is 64.8 cm³/mol. The summed E-state index contributed by atoms with van der Waals surface area (Å²) in [6, 6.07) is 0.462. The summed E-state index contributed by atoms with van der Waals surface area (Å²) in [7, 11) is -2.86. The third-order valence-corrected chi connectivity index (χ3v) is 3.77. The van der Waals surface area contributed by atoms with Crippen molar-refractivity contribution < 1.29 is 8.42 Å². The van der Waals surface area contributed by atoms with Crippen LogP contribution in [0.25, 0.3) is 0 Å². The first-order valence-corrected chi connectivity index (χ1v) is 8.27. The van der Waals surface area contributed by atoms with Crippen LogP contribution in [0.2, 0.25) is 0 Å². The minimum Gasteiger partial charge on any atom is -0.310 e. The quantitative estimate of drug-likeness (QED) is 0.724. The Balaban J connectivity index is 3.96. The van der Waals surface area contributed by atoms with E-state index in [-0.39, 0.29) is 11.8 Å². The molecule has 14 heavy (non-hydrogen) atoms. The summed E-state index contributed by atoms with van der Waals surface area (Å²) in [5, 5.41) is 3.32. The summed E-state index contributed by atoms with van der Waals surface area (Å²) in [6.45, 7) is 4.03. The average Bonchev–Trinajstić information content (AvgIpc) is 2.00. The van der Waals surface area contributed by atoms with E-state index in [0.717, 1.165) is 12.2 Å². The molecule has 0 amide bonds. The molecule has 0 aliphatic heterocycles. The SMILES string of the molecule is CCC(CSC)NC(C)CS(C)(=O)=O. The summed E-state index contributed by atoms with van der Waals surface area (Å²) in [6.07, 6.45) is 4.38. The van der Waals surface area contributed by atoms with Crippen LogP contribution in [0, 0.1) is 0 Å². The van der Waals surface area contributed by atoms with E-state index >= 15 is 0 Å². The molecule has 0 radical (unpaired) electrons. The standard InChI is InChI=1S/C9H21NO2S2/c1-5-9(6-13-3)10-8(2)7-14(4,11)12/h8-10H,5-7H2,1-4H3. The van der Waals surface area contributed by atoms with Gasteiger partial charge in [0, 0.05) is 24.1 Å². The number of hydrogen-bond donors (Lipinski definition) is 1. The lowest BCUT2D eigenvalue weighted by Crippen LogP contribution is -2.41. The van der Waals surface area contributed by atoms with Gasteiger partial charge in [-0.3, -0.25) is 0 Å². The maximum atomic E-state index is 11.0. The first kappa shape index (κ1) is 14.3. The van der Waals surface area contributed by atoms with E-state index < -0.39 is 9.84 Å². The van der Waals surface area contributed by atoms with Gasteiger partial charge < -0.3 is 5.32 Å². The molecule has 0 spiro atoms. The Morgan fingerprint density at radius 3 is 2.36 bits per heavy atom. The molecule has 0 aromatic rings. The zero-order valence-electron chi connectivity index (χ0n) is 9.41. The molecule has 0 saturated heterocycles. The van der Waals surface area contributed by atoms with E-state index in [1.54, 1.807) is 11.8 Å². The molecule has 0 aliphatic rings.